The topological polar surface area (TPSA) is 68.3 Å². The fourth-order valence-electron chi connectivity index (χ4n) is 2.40. The largest absolute Gasteiger partial charge is 0.299 e. The van der Waals surface area contributed by atoms with E-state index in [9.17, 15) is 18.0 Å². The van der Waals surface area contributed by atoms with Crippen molar-refractivity contribution in [1.29, 1.82) is 0 Å². The number of rotatable bonds is 6. The van der Waals surface area contributed by atoms with Gasteiger partial charge in [0.15, 0.2) is 5.78 Å². The molecule has 4 nitrogen and oxygen atoms in total. The summed E-state index contributed by atoms with van der Waals surface area (Å²) in [5, 5.41) is 0. The van der Waals surface area contributed by atoms with Crippen LogP contribution in [0.2, 0.25) is 0 Å². The molecule has 2 rings (SSSR count). The van der Waals surface area contributed by atoms with Crippen LogP contribution in [-0.4, -0.2) is 32.0 Å². The van der Waals surface area contributed by atoms with Gasteiger partial charge in [0.25, 0.3) is 0 Å². The Labute approximate surface area is 136 Å². The summed E-state index contributed by atoms with van der Waals surface area (Å²) >= 11 is 0. The van der Waals surface area contributed by atoms with E-state index in [0.29, 0.717) is 16.7 Å². The number of hydrogen-bond acceptors (Lipinski definition) is 4. The molecule has 0 aliphatic heterocycles. The smallest absolute Gasteiger partial charge is 0.193 e. The molecule has 120 valence electrons. The number of Topliss-reactive ketones (excluding diaryl/α,β-unsaturated/α-hetero) is 1. The SMILES string of the molecule is CC(=O)C(CS(C)(=O)=O)c1cccc(C(=O)c2ccccc2)c1. The van der Waals surface area contributed by atoms with Crippen LogP contribution in [0.3, 0.4) is 0 Å². The third-order valence-corrected chi connectivity index (χ3v) is 4.49. The van der Waals surface area contributed by atoms with Gasteiger partial charge in [0.1, 0.15) is 15.6 Å². The van der Waals surface area contributed by atoms with E-state index in [1.165, 1.54) is 6.92 Å². The first-order valence-corrected chi connectivity index (χ1v) is 9.22. The van der Waals surface area contributed by atoms with Crippen molar-refractivity contribution in [2.45, 2.75) is 12.8 Å². The molecule has 0 radical (unpaired) electrons. The minimum Gasteiger partial charge on any atom is -0.299 e. The maximum absolute atomic E-state index is 12.5. The third-order valence-electron chi connectivity index (χ3n) is 3.55. The third kappa shape index (κ3) is 4.60. The predicted molar refractivity (Wildman–Crippen MR) is 89.4 cm³/mol. The summed E-state index contributed by atoms with van der Waals surface area (Å²) in [6.07, 6.45) is 1.10. The quantitative estimate of drug-likeness (QED) is 0.764. The van der Waals surface area contributed by atoms with Crippen LogP contribution < -0.4 is 0 Å². The highest BCUT2D eigenvalue weighted by molar-refractivity contribution is 7.90. The van der Waals surface area contributed by atoms with Gasteiger partial charge in [-0.2, -0.15) is 0 Å². The zero-order valence-corrected chi connectivity index (χ0v) is 13.8. The fraction of sp³-hybridized carbons (Fsp3) is 0.222. The second-order valence-corrected chi connectivity index (χ2v) is 7.76. The van der Waals surface area contributed by atoms with Crippen molar-refractivity contribution in [2.24, 2.45) is 0 Å². The molecule has 0 saturated heterocycles. The summed E-state index contributed by atoms with van der Waals surface area (Å²) in [5.74, 6) is -1.41. The first kappa shape index (κ1) is 17.1. The molecule has 0 aliphatic carbocycles. The van der Waals surface area contributed by atoms with Crippen LogP contribution in [0.25, 0.3) is 0 Å². The fourth-order valence-corrected chi connectivity index (χ4v) is 3.44. The molecule has 0 spiro atoms. The summed E-state index contributed by atoms with van der Waals surface area (Å²) in [6, 6.07) is 15.4. The van der Waals surface area contributed by atoms with E-state index in [2.05, 4.69) is 0 Å². The van der Waals surface area contributed by atoms with E-state index in [1.54, 1.807) is 48.5 Å². The lowest BCUT2D eigenvalue weighted by molar-refractivity contribution is -0.118. The van der Waals surface area contributed by atoms with Crippen LogP contribution in [0, 0.1) is 0 Å². The van der Waals surface area contributed by atoms with Gasteiger partial charge in [0.05, 0.1) is 11.7 Å². The van der Waals surface area contributed by atoms with E-state index >= 15 is 0 Å². The van der Waals surface area contributed by atoms with Gasteiger partial charge in [-0.15, -0.1) is 0 Å². The number of ketones is 2. The molecule has 2 aromatic carbocycles. The monoisotopic (exact) mass is 330 g/mol. The van der Waals surface area contributed by atoms with Crippen LogP contribution >= 0.6 is 0 Å². The summed E-state index contributed by atoms with van der Waals surface area (Å²) < 4.78 is 23.1. The van der Waals surface area contributed by atoms with Crippen molar-refractivity contribution in [3.63, 3.8) is 0 Å². The van der Waals surface area contributed by atoms with E-state index in [1.807, 2.05) is 6.07 Å². The lowest BCUT2D eigenvalue weighted by Crippen LogP contribution is -2.20. The average Bonchev–Trinajstić information content (AvgIpc) is 2.52. The number of sulfone groups is 1. The van der Waals surface area contributed by atoms with Gasteiger partial charge in [-0.25, -0.2) is 8.42 Å². The number of hydrogen-bond donors (Lipinski definition) is 0. The van der Waals surface area contributed by atoms with Gasteiger partial charge in [-0.3, -0.25) is 9.59 Å². The second kappa shape index (κ2) is 6.87. The van der Waals surface area contributed by atoms with E-state index in [4.69, 9.17) is 0 Å². The van der Waals surface area contributed by atoms with Crippen LogP contribution in [0.5, 0.6) is 0 Å². The van der Waals surface area contributed by atoms with Gasteiger partial charge in [0.2, 0.25) is 0 Å². The Hall–Kier alpha value is -2.27. The number of carbonyl (C=O) groups excluding carboxylic acids is 2. The molecule has 0 heterocycles. The first-order chi connectivity index (χ1) is 10.8. The summed E-state index contributed by atoms with van der Waals surface area (Å²) in [4.78, 5) is 24.3. The normalized spacial score (nSPS) is 12.6. The zero-order chi connectivity index (χ0) is 17.0. The predicted octanol–water partition coefficient (Wildman–Crippen LogP) is 2.63. The summed E-state index contributed by atoms with van der Waals surface area (Å²) in [6.45, 7) is 1.36. The molecule has 0 aliphatic rings. The highest BCUT2D eigenvalue weighted by Crippen LogP contribution is 2.21. The zero-order valence-electron chi connectivity index (χ0n) is 13.0. The Bertz CT molecular complexity index is 823. The molecule has 2 aromatic rings. The van der Waals surface area contributed by atoms with E-state index in [0.717, 1.165) is 6.26 Å². The number of benzene rings is 2. The lowest BCUT2D eigenvalue weighted by atomic mass is 9.93. The second-order valence-electron chi connectivity index (χ2n) is 5.58. The average molecular weight is 330 g/mol. The Morgan fingerprint density at radius 1 is 0.957 bits per heavy atom. The van der Waals surface area contributed by atoms with E-state index < -0.39 is 15.8 Å². The summed E-state index contributed by atoms with van der Waals surface area (Å²) in [7, 11) is -3.31. The highest BCUT2D eigenvalue weighted by atomic mass is 32.2. The van der Waals surface area contributed by atoms with E-state index in [-0.39, 0.29) is 17.3 Å². The van der Waals surface area contributed by atoms with Crippen LogP contribution in [0.4, 0.5) is 0 Å². The molecule has 1 unspecified atom stereocenters. The van der Waals surface area contributed by atoms with Crippen LogP contribution in [0.15, 0.2) is 54.6 Å². The van der Waals surface area contributed by atoms with Gasteiger partial charge >= 0.3 is 0 Å². The minimum atomic E-state index is -3.31. The molecular weight excluding hydrogens is 312 g/mol. The van der Waals surface area contributed by atoms with Gasteiger partial charge in [-0.05, 0) is 18.6 Å². The first-order valence-electron chi connectivity index (χ1n) is 7.16. The van der Waals surface area contributed by atoms with Gasteiger partial charge in [-0.1, -0.05) is 48.5 Å². The Morgan fingerprint density at radius 3 is 2.13 bits per heavy atom. The molecule has 0 fully saturated rings. The van der Waals surface area contributed by atoms with Gasteiger partial charge in [0, 0.05) is 17.4 Å². The molecule has 0 N–H and O–H groups in total. The van der Waals surface area contributed by atoms with Crippen molar-refractivity contribution in [3.05, 3.63) is 71.3 Å². The lowest BCUT2D eigenvalue weighted by Gasteiger charge is -2.14. The molecule has 1 atom stereocenters. The Balaban J connectivity index is 2.38. The van der Waals surface area contributed by atoms with Crippen molar-refractivity contribution in [1.82, 2.24) is 0 Å². The minimum absolute atomic E-state index is 0.158. The molecule has 0 bridgehead atoms. The molecular formula is C18H18O4S. The van der Waals surface area contributed by atoms with Crippen molar-refractivity contribution < 1.29 is 18.0 Å². The molecule has 5 heteroatoms. The molecule has 0 amide bonds. The van der Waals surface area contributed by atoms with Crippen molar-refractivity contribution >= 4 is 21.4 Å². The standard InChI is InChI=1S/C18H18O4S/c1-13(19)17(12-23(2,21)22)15-9-6-10-16(11-15)18(20)14-7-4-3-5-8-14/h3-11,17H,12H2,1-2H3. The summed E-state index contributed by atoms with van der Waals surface area (Å²) in [5.41, 5.74) is 1.53. The van der Waals surface area contributed by atoms with Crippen LogP contribution in [-0.2, 0) is 14.6 Å². The van der Waals surface area contributed by atoms with Gasteiger partial charge < -0.3 is 0 Å². The van der Waals surface area contributed by atoms with Crippen LogP contribution in [0.1, 0.15) is 34.3 Å². The Kier molecular flexibility index (Phi) is 5.11. The molecule has 0 saturated carbocycles. The highest BCUT2D eigenvalue weighted by Gasteiger charge is 2.23. The molecule has 0 aromatic heterocycles. The number of carbonyl (C=O) groups is 2. The maximum atomic E-state index is 12.5. The van der Waals surface area contributed by atoms with Crippen molar-refractivity contribution in [2.75, 3.05) is 12.0 Å². The maximum Gasteiger partial charge on any atom is 0.193 e. The Morgan fingerprint density at radius 2 is 1.57 bits per heavy atom. The van der Waals surface area contributed by atoms with Crippen molar-refractivity contribution in [3.8, 4) is 0 Å². The molecule has 23 heavy (non-hydrogen) atoms.